The number of urea groups is 1. The van der Waals surface area contributed by atoms with E-state index in [-0.39, 0.29) is 12.1 Å². The molecule has 2 amide bonds. The van der Waals surface area contributed by atoms with Crippen LogP contribution in [0.2, 0.25) is 5.02 Å². The first-order valence-corrected chi connectivity index (χ1v) is 9.27. The van der Waals surface area contributed by atoms with Crippen LogP contribution in [-0.4, -0.2) is 44.3 Å². The number of likely N-dealkylation sites (tertiary alicyclic amines) is 1. The molecule has 1 aliphatic heterocycles. The number of nitrogens with one attached hydrogen (secondary N) is 2. The molecule has 27 heavy (non-hydrogen) atoms. The number of ether oxygens (including phenoxy) is 2. The van der Waals surface area contributed by atoms with E-state index in [0.29, 0.717) is 17.3 Å². The Hall–Kier alpha value is -2.60. The van der Waals surface area contributed by atoms with Crippen LogP contribution in [0.5, 0.6) is 11.5 Å². The summed E-state index contributed by atoms with van der Waals surface area (Å²) < 4.78 is 10.6. The summed E-state index contributed by atoms with van der Waals surface area (Å²) in [5.41, 5.74) is 1.53. The molecular formula is C20H24ClN3O3. The van der Waals surface area contributed by atoms with Gasteiger partial charge in [-0.15, -0.1) is 0 Å². The Morgan fingerprint density at radius 2 is 1.85 bits per heavy atom. The molecule has 0 spiro atoms. The maximum atomic E-state index is 12.6. The van der Waals surface area contributed by atoms with E-state index in [1.54, 1.807) is 26.4 Å². The van der Waals surface area contributed by atoms with Crippen molar-refractivity contribution in [3.8, 4) is 11.5 Å². The highest BCUT2D eigenvalue weighted by Crippen LogP contribution is 2.27. The second-order valence-electron chi connectivity index (χ2n) is 6.44. The predicted molar refractivity (Wildman–Crippen MR) is 108 cm³/mol. The molecule has 1 heterocycles. The smallest absolute Gasteiger partial charge is 0.321 e. The number of anilines is 2. The number of halogens is 1. The lowest BCUT2D eigenvalue weighted by Gasteiger charge is -2.33. The number of amides is 2. The second-order valence-corrected chi connectivity index (χ2v) is 6.85. The van der Waals surface area contributed by atoms with Crippen molar-refractivity contribution in [3.63, 3.8) is 0 Å². The molecule has 144 valence electrons. The van der Waals surface area contributed by atoms with Gasteiger partial charge in [-0.1, -0.05) is 23.7 Å². The lowest BCUT2D eigenvalue weighted by atomic mass is 10.1. The lowest BCUT2D eigenvalue weighted by molar-refractivity contribution is 0.196. The van der Waals surface area contributed by atoms with Gasteiger partial charge in [0.2, 0.25) is 0 Å². The molecule has 0 radical (unpaired) electrons. The molecule has 3 rings (SSSR count). The highest BCUT2D eigenvalue weighted by Gasteiger charge is 2.24. The zero-order valence-electron chi connectivity index (χ0n) is 15.5. The summed E-state index contributed by atoms with van der Waals surface area (Å²) in [6, 6.07) is 12.9. The van der Waals surface area contributed by atoms with E-state index >= 15 is 0 Å². The fourth-order valence-electron chi connectivity index (χ4n) is 3.16. The van der Waals surface area contributed by atoms with Gasteiger partial charge in [0.1, 0.15) is 11.5 Å². The molecule has 2 N–H and O–H groups in total. The molecule has 0 unspecified atom stereocenters. The Kier molecular flexibility index (Phi) is 6.29. The Morgan fingerprint density at radius 3 is 2.52 bits per heavy atom. The van der Waals surface area contributed by atoms with Gasteiger partial charge in [-0.05, 0) is 25.0 Å². The third-order valence-electron chi connectivity index (χ3n) is 4.55. The van der Waals surface area contributed by atoms with Crippen LogP contribution < -0.4 is 20.1 Å². The molecule has 2 aromatic carbocycles. The number of carbonyl (C=O) groups is 1. The predicted octanol–water partition coefficient (Wildman–Crippen LogP) is 4.47. The number of para-hydroxylation sites is 1. The summed E-state index contributed by atoms with van der Waals surface area (Å²) in [5.74, 6) is 1.45. The Bertz CT molecular complexity index is 778. The molecule has 0 aliphatic carbocycles. The van der Waals surface area contributed by atoms with Crippen LogP contribution in [0.3, 0.4) is 0 Å². The molecule has 7 heteroatoms. The summed E-state index contributed by atoms with van der Waals surface area (Å²) in [6.07, 6.45) is 1.91. The highest BCUT2D eigenvalue weighted by atomic mass is 35.5. The minimum atomic E-state index is -0.141. The van der Waals surface area contributed by atoms with Crippen molar-refractivity contribution in [2.45, 2.75) is 18.9 Å². The molecular weight excluding hydrogens is 366 g/mol. The third-order valence-corrected chi connectivity index (χ3v) is 4.88. The van der Waals surface area contributed by atoms with Crippen molar-refractivity contribution in [3.05, 3.63) is 47.5 Å². The van der Waals surface area contributed by atoms with E-state index in [1.807, 2.05) is 35.2 Å². The number of benzene rings is 2. The molecule has 0 saturated carbocycles. The fourth-order valence-corrected chi connectivity index (χ4v) is 3.35. The van der Waals surface area contributed by atoms with E-state index in [1.165, 1.54) is 0 Å². The monoisotopic (exact) mass is 389 g/mol. The van der Waals surface area contributed by atoms with E-state index in [9.17, 15) is 4.79 Å². The van der Waals surface area contributed by atoms with Crippen LogP contribution in [-0.2, 0) is 0 Å². The van der Waals surface area contributed by atoms with E-state index in [4.69, 9.17) is 21.1 Å². The number of hydrogen-bond acceptors (Lipinski definition) is 4. The number of piperidine rings is 1. The maximum absolute atomic E-state index is 12.6. The van der Waals surface area contributed by atoms with Crippen molar-refractivity contribution in [2.75, 3.05) is 37.9 Å². The van der Waals surface area contributed by atoms with Gasteiger partial charge < -0.3 is 25.0 Å². The van der Waals surface area contributed by atoms with Crippen molar-refractivity contribution in [1.82, 2.24) is 4.90 Å². The van der Waals surface area contributed by atoms with Crippen molar-refractivity contribution in [2.24, 2.45) is 0 Å². The standard InChI is InChI=1S/C20H24ClN3O3/c1-26-16-10-15(11-17(12-16)27-2)22-14-6-5-9-24(13-14)20(25)23-19-8-4-3-7-18(19)21/h3-4,7-8,10-12,14,22H,5-6,9,13H2,1-2H3,(H,23,25)/t14-/m1/s1. The number of hydrogen-bond donors (Lipinski definition) is 2. The first-order chi connectivity index (χ1) is 13.1. The van der Waals surface area contributed by atoms with Gasteiger partial charge >= 0.3 is 6.03 Å². The highest BCUT2D eigenvalue weighted by molar-refractivity contribution is 6.33. The van der Waals surface area contributed by atoms with Crippen LogP contribution in [0, 0.1) is 0 Å². The topological polar surface area (TPSA) is 62.8 Å². The van der Waals surface area contributed by atoms with Gasteiger partial charge in [-0.3, -0.25) is 0 Å². The zero-order chi connectivity index (χ0) is 19.2. The van der Waals surface area contributed by atoms with Gasteiger partial charge in [-0.25, -0.2) is 4.79 Å². The normalized spacial score (nSPS) is 16.6. The summed E-state index contributed by atoms with van der Waals surface area (Å²) in [6.45, 7) is 1.33. The molecule has 0 bridgehead atoms. The van der Waals surface area contributed by atoms with E-state index < -0.39 is 0 Å². The molecule has 1 atom stereocenters. The summed E-state index contributed by atoms with van der Waals surface area (Å²) in [7, 11) is 3.25. The first kappa shape index (κ1) is 19.2. The van der Waals surface area contributed by atoms with E-state index in [2.05, 4.69) is 10.6 Å². The number of carbonyl (C=O) groups excluding carboxylic acids is 1. The molecule has 1 aliphatic rings. The van der Waals surface area contributed by atoms with Gasteiger partial charge in [-0.2, -0.15) is 0 Å². The average molecular weight is 390 g/mol. The maximum Gasteiger partial charge on any atom is 0.321 e. The Labute approximate surface area is 164 Å². The molecule has 1 fully saturated rings. The van der Waals surface area contributed by atoms with Crippen molar-refractivity contribution >= 4 is 29.0 Å². The quantitative estimate of drug-likeness (QED) is 0.792. The minimum Gasteiger partial charge on any atom is -0.497 e. The van der Waals surface area contributed by atoms with Gasteiger partial charge in [0.25, 0.3) is 0 Å². The van der Waals surface area contributed by atoms with Crippen LogP contribution >= 0.6 is 11.6 Å². The number of nitrogens with zero attached hydrogens (tertiary/aromatic N) is 1. The summed E-state index contributed by atoms with van der Waals surface area (Å²) in [4.78, 5) is 14.4. The molecule has 2 aromatic rings. The second kappa shape index (κ2) is 8.86. The van der Waals surface area contributed by atoms with Crippen molar-refractivity contribution < 1.29 is 14.3 Å². The molecule has 1 saturated heterocycles. The fraction of sp³-hybridized carbons (Fsp3) is 0.350. The van der Waals surface area contributed by atoms with Crippen LogP contribution in [0.25, 0.3) is 0 Å². The molecule has 6 nitrogen and oxygen atoms in total. The zero-order valence-corrected chi connectivity index (χ0v) is 16.3. The largest absolute Gasteiger partial charge is 0.497 e. The minimum absolute atomic E-state index is 0.141. The van der Waals surface area contributed by atoms with Crippen LogP contribution in [0.4, 0.5) is 16.2 Å². The Balaban J connectivity index is 1.64. The van der Waals surface area contributed by atoms with E-state index in [0.717, 1.165) is 36.6 Å². The SMILES string of the molecule is COc1cc(N[C@@H]2CCCN(C(=O)Nc3ccccc3Cl)C2)cc(OC)c1. The van der Waals surface area contributed by atoms with Gasteiger partial charge in [0.05, 0.1) is 24.9 Å². The Morgan fingerprint density at radius 1 is 1.15 bits per heavy atom. The lowest BCUT2D eigenvalue weighted by Crippen LogP contribution is -2.46. The van der Waals surface area contributed by atoms with Crippen LogP contribution in [0.15, 0.2) is 42.5 Å². The summed E-state index contributed by atoms with van der Waals surface area (Å²) >= 11 is 6.13. The average Bonchev–Trinajstić information content (AvgIpc) is 2.69. The third kappa shape index (κ3) is 4.98. The van der Waals surface area contributed by atoms with Gasteiger partial charge in [0.15, 0.2) is 0 Å². The number of methoxy groups -OCH3 is 2. The number of rotatable bonds is 5. The summed E-state index contributed by atoms with van der Waals surface area (Å²) in [5, 5.41) is 6.90. The molecule has 0 aromatic heterocycles. The van der Waals surface area contributed by atoms with Crippen LogP contribution in [0.1, 0.15) is 12.8 Å². The first-order valence-electron chi connectivity index (χ1n) is 8.89. The van der Waals surface area contributed by atoms with Gasteiger partial charge in [0, 0.05) is 43.0 Å². The van der Waals surface area contributed by atoms with Crippen molar-refractivity contribution in [1.29, 1.82) is 0 Å².